The second kappa shape index (κ2) is 7.65. The van der Waals surface area contributed by atoms with E-state index in [9.17, 15) is 9.59 Å². The van der Waals surface area contributed by atoms with Crippen LogP contribution in [-0.2, 0) is 9.59 Å². The molecule has 0 radical (unpaired) electrons. The number of rotatable bonds is 4. The quantitative estimate of drug-likeness (QED) is 0.849. The van der Waals surface area contributed by atoms with E-state index in [0.29, 0.717) is 24.5 Å². The van der Waals surface area contributed by atoms with Gasteiger partial charge in [-0.15, -0.1) is 0 Å². The zero-order valence-electron chi connectivity index (χ0n) is 15.4. The van der Waals surface area contributed by atoms with Crippen LogP contribution in [0.5, 0.6) is 0 Å². The molecule has 0 spiro atoms. The molecule has 5 nitrogen and oxygen atoms in total. The zero-order valence-corrected chi connectivity index (χ0v) is 15.4. The summed E-state index contributed by atoms with van der Waals surface area (Å²) in [6.07, 6.45) is 12.6. The molecule has 25 heavy (non-hydrogen) atoms. The summed E-state index contributed by atoms with van der Waals surface area (Å²) in [6, 6.07) is 1.12. The number of hydrogen-bond acceptors (Lipinski definition) is 3. The van der Waals surface area contributed by atoms with Crippen molar-refractivity contribution in [2.24, 2.45) is 5.92 Å². The van der Waals surface area contributed by atoms with E-state index < -0.39 is 0 Å². The van der Waals surface area contributed by atoms with Crippen LogP contribution in [0.2, 0.25) is 0 Å². The van der Waals surface area contributed by atoms with Crippen molar-refractivity contribution in [2.45, 2.75) is 88.8 Å². The Balaban J connectivity index is 1.32. The van der Waals surface area contributed by atoms with Crippen LogP contribution < -0.4 is 5.32 Å². The molecule has 4 aliphatic rings. The minimum absolute atomic E-state index is 0.00426. The Hall–Kier alpha value is -1.10. The zero-order chi connectivity index (χ0) is 17.2. The first kappa shape index (κ1) is 17.3. The highest BCUT2D eigenvalue weighted by Gasteiger charge is 2.42. The highest BCUT2D eigenvalue weighted by Crippen LogP contribution is 2.34. The van der Waals surface area contributed by atoms with Gasteiger partial charge >= 0.3 is 0 Å². The van der Waals surface area contributed by atoms with Crippen LogP contribution in [0.25, 0.3) is 0 Å². The maximum absolute atomic E-state index is 13.1. The molecule has 0 unspecified atom stereocenters. The number of likely N-dealkylation sites (tertiary alicyclic amines) is 2. The Morgan fingerprint density at radius 1 is 0.800 bits per heavy atom. The lowest BCUT2D eigenvalue weighted by Crippen LogP contribution is -2.52. The Kier molecular flexibility index (Phi) is 5.30. The minimum atomic E-state index is -0.00426. The summed E-state index contributed by atoms with van der Waals surface area (Å²) in [7, 11) is 0. The number of hydrogen-bond donors (Lipinski definition) is 1. The summed E-state index contributed by atoms with van der Waals surface area (Å²) in [5.41, 5.74) is 0. The van der Waals surface area contributed by atoms with Crippen LogP contribution in [0.3, 0.4) is 0 Å². The molecule has 1 N–H and O–H groups in total. The highest BCUT2D eigenvalue weighted by atomic mass is 16.2. The van der Waals surface area contributed by atoms with Gasteiger partial charge in [-0.3, -0.25) is 14.5 Å². The van der Waals surface area contributed by atoms with Crippen molar-refractivity contribution in [3.63, 3.8) is 0 Å². The van der Waals surface area contributed by atoms with E-state index in [2.05, 4.69) is 10.2 Å². The molecule has 2 amide bonds. The van der Waals surface area contributed by atoms with E-state index in [1.54, 1.807) is 0 Å². The fraction of sp³-hybridized carbons (Fsp3) is 0.900. The lowest BCUT2D eigenvalue weighted by molar-refractivity contribution is -0.140. The Morgan fingerprint density at radius 2 is 1.56 bits per heavy atom. The minimum Gasteiger partial charge on any atom is -0.353 e. The van der Waals surface area contributed by atoms with Gasteiger partial charge in [0.25, 0.3) is 0 Å². The third-order valence-corrected chi connectivity index (χ3v) is 6.65. The van der Waals surface area contributed by atoms with Crippen molar-refractivity contribution in [3.05, 3.63) is 0 Å². The first-order chi connectivity index (χ1) is 12.2. The molecule has 2 aliphatic heterocycles. The normalized spacial score (nSPS) is 31.9. The molecular formula is C20H33N3O2. The molecule has 0 aromatic carbocycles. The van der Waals surface area contributed by atoms with Crippen molar-refractivity contribution < 1.29 is 9.59 Å². The average molecular weight is 348 g/mol. The lowest BCUT2D eigenvalue weighted by atomic mass is 9.92. The second-order valence-electron chi connectivity index (χ2n) is 8.59. The Morgan fingerprint density at radius 3 is 2.32 bits per heavy atom. The van der Waals surface area contributed by atoms with Crippen molar-refractivity contribution >= 4 is 11.8 Å². The van der Waals surface area contributed by atoms with Gasteiger partial charge in [-0.05, 0) is 57.9 Å². The molecule has 0 bridgehead atoms. The van der Waals surface area contributed by atoms with E-state index >= 15 is 0 Å². The molecule has 140 valence electrons. The van der Waals surface area contributed by atoms with Crippen LogP contribution in [0.1, 0.15) is 70.6 Å². The molecule has 0 aromatic heterocycles. The van der Waals surface area contributed by atoms with Gasteiger partial charge in [0.1, 0.15) is 0 Å². The number of carbonyl (C=O) groups is 2. The molecule has 5 heteroatoms. The van der Waals surface area contributed by atoms with Gasteiger partial charge in [-0.2, -0.15) is 0 Å². The second-order valence-corrected chi connectivity index (χ2v) is 8.59. The van der Waals surface area contributed by atoms with Crippen molar-refractivity contribution in [2.75, 3.05) is 19.6 Å². The smallest absolute Gasteiger partial charge is 0.239 e. The molecule has 2 heterocycles. The SMILES string of the molecule is O=C(NC1CCCCC1)[C@H]1CCCN(C(=O)[C@@H]2CCCN2C2CC2)C1. The lowest BCUT2D eigenvalue weighted by Gasteiger charge is -2.36. The summed E-state index contributed by atoms with van der Waals surface area (Å²) >= 11 is 0. The summed E-state index contributed by atoms with van der Waals surface area (Å²) in [4.78, 5) is 30.2. The fourth-order valence-corrected chi connectivity index (χ4v) is 5.07. The van der Waals surface area contributed by atoms with Gasteiger partial charge < -0.3 is 10.2 Å². The molecule has 2 saturated carbocycles. The van der Waals surface area contributed by atoms with E-state index in [-0.39, 0.29) is 17.9 Å². The van der Waals surface area contributed by atoms with E-state index in [4.69, 9.17) is 0 Å². The first-order valence-electron chi connectivity index (χ1n) is 10.6. The predicted molar refractivity (Wildman–Crippen MR) is 97.1 cm³/mol. The van der Waals surface area contributed by atoms with E-state index in [1.807, 2.05) is 4.90 Å². The third-order valence-electron chi connectivity index (χ3n) is 6.65. The number of carbonyl (C=O) groups excluding carboxylic acids is 2. The highest BCUT2D eigenvalue weighted by molar-refractivity contribution is 5.84. The summed E-state index contributed by atoms with van der Waals surface area (Å²) in [5.74, 6) is 0.477. The van der Waals surface area contributed by atoms with Gasteiger partial charge in [0.05, 0.1) is 12.0 Å². The number of nitrogens with one attached hydrogen (secondary N) is 1. The fourth-order valence-electron chi connectivity index (χ4n) is 5.07. The topological polar surface area (TPSA) is 52.7 Å². The van der Waals surface area contributed by atoms with Crippen molar-refractivity contribution in [1.29, 1.82) is 0 Å². The van der Waals surface area contributed by atoms with Crippen LogP contribution >= 0.6 is 0 Å². The van der Waals surface area contributed by atoms with Crippen LogP contribution in [0.4, 0.5) is 0 Å². The van der Waals surface area contributed by atoms with Crippen LogP contribution in [0.15, 0.2) is 0 Å². The molecule has 2 saturated heterocycles. The molecule has 4 rings (SSSR count). The van der Waals surface area contributed by atoms with Gasteiger partial charge in [0.2, 0.25) is 11.8 Å². The van der Waals surface area contributed by atoms with Crippen molar-refractivity contribution in [1.82, 2.24) is 15.1 Å². The van der Waals surface area contributed by atoms with Gasteiger partial charge in [0.15, 0.2) is 0 Å². The Labute approximate surface area is 151 Å². The third kappa shape index (κ3) is 4.02. The molecular weight excluding hydrogens is 314 g/mol. The monoisotopic (exact) mass is 347 g/mol. The van der Waals surface area contributed by atoms with Crippen LogP contribution in [0, 0.1) is 5.92 Å². The molecule has 2 atom stereocenters. The van der Waals surface area contributed by atoms with Gasteiger partial charge in [0, 0.05) is 25.2 Å². The maximum Gasteiger partial charge on any atom is 0.239 e. The van der Waals surface area contributed by atoms with E-state index in [0.717, 1.165) is 51.6 Å². The molecule has 0 aromatic rings. The summed E-state index contributed by atoms with van der Waals surface area (Å²) in [6.45, 7) is 2.55. The number of nitrogens with zero attached hydrogens (tertiary/aromatic N) is 2. The largest absolute Gasteiger partial charge is 0.353 e. The molecule has 4 fully saturated rings. The number of amides is 2. The average Bonchev–Trinajstić information content (AvgIpc) is 3.38. The molecule has 2 aliphatic carbocycles. The van der Waals surface area contributed by atoms with Gasteiger partial charge in [-0.1, -0.05) is 19.3 Å². The maximum atomic E-state index is 13.1. The standard InChI is InChI=1S/C20H33N3O2/c24-19(21-16-7-2-1-3-8-16)15-6-4-12-22(14-15)20(25)18-9-5-13-23(18)17-10-11-17/h15-18H,1-14H2,(H,21,24)/t15-,18-/m0/s1. The van der Waals surface area contributed by atoms with Crippen molar-refractivity contribution in [3.8, 4) is 0 Å². The predicted octanol–water partition coefficient (Wildman–Crippen LogP) is 2.30. The van der Waals surface area contributed by atoms with E-state index in [1.165, 1.54) is 32.1 Å². The van der Waals surface area contributed by atoms with Gasteiger partial charge in [-0.25, -0.2) is 0 Å². The summed E-state index contributed by atoms with van der Waals surface area (Å²) in [5, 5.41) is 3.27. The summed E-state index contributed by atoms with van der Waals surface area (Å²) < 4.78 is 0. The van der Waals surface area contributed by atoms with Crippen LogP contribution in [-0.4, -0.2) is 59.4 Å². The number of piperidine rings is 1. The first-order valence-corrected chi connectivity index (χ1v) is 10.6. The Bertz CT molecular complexity index is 499.